The van der Waals surface area contributed by atoms with Crippen LogP contribution in [0.3, 0.4) is 0 Å². The lowest BCUT2D eigenvalue weighted by atomic mass is 9.87. The number of esters is 1. The van der Waals surface area contributed by atoms with Gasteiger partial charge in [-0.05, 0) is 36.6 Å². The standard InChI is InChI=1S/C19H28N2O3/c1-24-19(23)17-9-7-16(8-10-17)13-21(14-18(20)22)12-11-15-5-3-2-4-6-15/h7-10,15H,2-6,11-14H2,1H3,(H2,20,22). The number of methoxy groups -OCH3 is 1. The molecule has 1 amide bonds. The second kappa shape index (κ2) is 9.42. The lowest BCUT2D eigenvalue weighted by Crippen LogP contribution is -2.35. The van der Waals surface area contributed by atoms with Crippen LogP contribution in [0.5, 0.6) is 0 Å². The molecule has 0 saturated heterocycles. The van der Waals surface area contributed by atoms with E-state index >= 15 is 0 Å². The van der Waals surface area contributed by atoms with Crippen molar-refractivity contribution in [3.05, 3.63) is 35.4 Å². The summed E-state index contributed by atoms with van der Waals surface area (Å²) >= 11 is 0. The average molecular weight is 332 g/mol. The molecule has 0 radical (unpaired) electrons. The lowest BCUT2D eigenvalue weighted by Gasteiger charge is -2.26. The molecule has 1 aliphatic carbocycles. The van der Waals surface area contributed by atoms with Gasteiger partial charge in [0, 0.05) is 6.54 Å². The van der Waals surface area contributed by atoms with Crippen molar-refractivity contribution in [2.75, 3.05) is 20.2 Å². The normalized spacial score (nSPS) is 15.4. The molecule has 2 rings (SSSR count). The number of benzene rings is 1. The zero-order valence-corrected chi connectivity index (χ0v) is 14.5. The van der Waals surface area contributed by atoms with Crippen molar-refractivity contribution < 1.29 is 14.3 Å². The van der Waals surface area contributed by atoms with Gasteiger partial charge in [-0.3, -0.25) is 9.69 Å². The monoisotopic (exact) mass is 332 g/mol. The van der Waals surface area contributed by atoms with E-state index < -0.39 is 0 Å². The molecule has 1 aromatic rings. The highest BCUT2D eigenvalue weighted by Crippen LogP contribution is 2.26. The number of nitrogens with two attached hydrogens (primary N) is 1. The molecule has 0 atom stereocenters. The summed E-state index contributed by atoms with van der Waals surface area (Å²) in [6.45, 7) is 1.81. The molecule has 132 valence electrons. The van der Waals surface area contributed by atoms with Gasteiger partial charge in [0.1, 0.15) is 0 Å². The minimum Gasteiger partial charge on any atom is -0.465 e. The summed E-state index contributed by atoms with van der Waals surface area (Å²) in [7, 11) is 1.37. The predicted molar refractivity (Wildman–Crippen MR) is 93.4 cm³/mol. The highest BCUT2D eigenvalue weighted by atomic mass is 16.5. The Balaban J connectivity index is 1.91. The molecule has 0 aliphatic heterocycles. The van der Waals surface area contributed by atoms with E-state index in [1.54, 1.807) is 12.1 Å². The molecular weight excluding hydrogens is 304 g/mol. The van der Waals surface area contributed by atoms with E-state index in [0.29, 0.717) is 12.1 Å². The fourth-order valence-electron chi connectivity index (χ4n) is 3.40. The Bertz CT molecular complexity index is 536. The number of rotatable bonds is 8. The van der Waals surface area contributed by atoms with Crippen LogP contribution < -0.4 is 5.73 Å². The third kappa shape index (κ3) is 5.96. The summed E-state index contributed by atoms with van der Waals surface area (Å²) in [6, 6.07) is 7.32. The second-order valence-corrected chi connectivity index (χ2v) is 6.66. The van der Waals surface area contributed by atoms with Crippen molar-refractivity contribution in [2.45, 2.75) is 45.1 Å². The van der Waals surface area contributed by atoms with Gasteiger partial charge in [-0.25, -0.2) is 4.79 Å². The van der Waals surface area contributed by atoms with Gasteiger partial charge in [0.15, 0.2) is 0 Å². The van der Waals surface area contributed by atoms with E-state index in [9.17, 15) is 9.59 Å². The van der Waals surface area contributed by atoms with Crippen molar-refractivity contribution in [3.63, 3.8) is 0 Å². The molecular formula is C19H28N2O3. The molecule has 0 aromatic heterocycles. The minimum atomic E-state index is -0.340. The Labute approximate surface area is 144 Å². The molecule has 1 saturated carbocycles. The number of hydrogen-bond acceptors (Lipinski definition) is 4. The SMILES string of the molecule is COC(=O)c1ccc(CN(CCC2CCCCC2)CC(N)=O)cc1. The molecule has 0 unspecified atom stereocenters. The van der Waals surface area contributed by atoms with Crippen molar-refractivity contribution >= 4 is 11.9 Å². The average Bonchev–Trinajstić information content (AvgIpc) is 2.60. The van der Waals surface area contributed by atoms with E-state index in [1.807, 2.05) is 12.1 Å². The van der Waals surface area contributed by atoms with E-state index in [4.69, 9.17) is 10.5 Å². The first-order valence-corrected chi connectivity index (χ1v) is 8.76. The molecule has 1 aliphatic rings. The Hall–Kier alpha value is -1.88. The van der Waals surface area contributed by atoms with Crippen LogP contribution in [0, 0.1) is 5.92 Å². The first-order valence-electron chi connectivity index (χ1n) is 8.76. The lowest BCUT2D eigenvalue weighted by molar-refractivity contribution is -0.119. The third-order valence-electron chi connectivity index (χ3n) is 4.74. The first-order chi connectivity index (χ1) is 11.6. The van der Waals surface area contributed by atoms with Gasteiger partial charge >= 0.3 is 5.97 Å². The topological polar surface area (TPSA) is 72.6 Å². The van der Waals surface area contributed by atoms with E-state index in [-0.39, 0.29) is 18.4 Å². The van der Waals surface area contributed by atoms with Crippen LogP contribution in [0.15, 0.2) is 24.3 Å². The van der Waals surface area contributed by atoms with Crippen LogP contribution in [0.1, 0.15) is 54.4 Å². The Morgan fingerprint density at radius 1 is 1.17 bits per heavy atom. The summed E-state index contributed by atoms with van der Waals surface area (Å²) in [5, 5.41) is 0. The highest BCUT2D eigenvalue weighted by molar-refractivity contribution is 5.89. The Kier molecular flexibility index (Phi) is 7.25. The highest BCUT2D eigenvalue weighted by Gasteiger charge is 2.16. The van der Waals surface area contributed by atoms with Crippen LogP contribution in [0.4, 0.5) is 0 Å². The molecule has 0 spiro atoms. The Morgan fingerprint density at radius 3 is 2.42 bits per heavy atom. The maximum atomic E-state index is 11.5. The van der Waals surface area contributed by atoms with Crippen molar-refractivity contribution in [2.24, 2.45) is 11.7 Å². The van der Waals surface area contributed by atoms with E-state index in [1.165, 1.54) is 39.2 Å². The maximum absolute atomic E-state index is 11.5. The van der Waals surface area contributed by atoms with Crippen LogP contribution in [0.25, 0.3) is 0 Å². The molecule has 1 aromatic carbocycles. The zero-order valence-electron chi connectivity index (χ0n) is 14.5. The largest absolute Gasteiger partial charge is 0.465 e. The maximum Gasteiger partial charge on any atom is 0.337 e. The third-order valence-corrected chi connectivity index (χ3v) is 4.74. The van der Waals surface area contributed by atoms with Crippen molar-refractivity contribution in [3.8, 4) is 0 Å². The summed E-state index contributed by atoms with van der Waals surface area (Å²) in [4.78, 5) is 24.9. The summed E-state index contributed by atoms with van der Waals surface area (Å²) < 4.78 is 4.71. The van der Waals surface area contributed by atoms with Gasteiger partial charge in [-0.15, -0.1) is 0 Å². The number of amides is 1. The van der Waals surface area contributed by atoms with Gasteiger partial charge < -0.3 is 10.5 Å². The zero-order chi connectivity index (χ0) is 17.4. The van der Waals surface area contributed by atoms with Crippen LogP contribution in [-0.2, 0) is 16.1 Å². The molecule has 1 fully saturated rings. The van der Waals surface area contributed by atoms with Gasteiger partial charge in [-0.2, -0.15) is 0 Å². The molecule has 0 bridgehead atoms. The first kappa shape index (κ1) is 18.5. The predicted octanol–water partition coefficient (Wildman–Crippen LogP) is 2.73. The number of ether oxygens (including phenoxy) is 1. The fraction of sp³-hybridized carbons (Fsp3) is 0.579. The molecule has 0 heterocycles. The number of carbonyl (C=O) groups excluding carboxylic acids is 2. The van der Waals surface area contributed by atoms with Crippen LogP contribution >= 0.6 is 0 Å². The second-order valence-electron chi connectivity index (χ2n) is 6.66. The summed E-state index contributed by atoms with van der Waals surface area (Å²) in [6.07, 6.45) is 7.74. The number of primary amides is 1. The van der Waals surface area contributed by atoms with Gasteiger partial charge in [0.05, 0.1) is 19.2 Å². The minimum absolute atomic E-state index is 0.269. The fourth-order valence-corrected chi connectivity index (χ4v) is 3.40. The molecule has 2 N–H and O–H groups in total. The van der Waals surface area contributed by atoms with E-state index in [0.717, 1.165) is 24.4 Å². The number of carbonyl (C=O) groups is 2. The van der Waals surface area contributed by atoms with Crippen molar-refractivity contribution in [1.29, 1.82) is 0 Å². The summed E-state index contributed by atoms with van der Waals surface area (Å²) in [5.74, 6) is 0.133. The van der Waals surface area contributed by atoms with Gasteiger partial charge in [0.25, 0.3) is 0 Å². The van der Waals surface area contributed by atoms with Gasteiger partial charge in [-0.1, -0.05) is 44.2 Å². The number of hydrogen-bond donors (Lipinski definition) is 1. The summed E-state index contributed by atoms with van der Waals surface area (Å²) in [5.41, 5.74) is 6.99. The van der Waals surface area contributed by atoms with Gasteiger partial charge in [0.2, 0.25) is 5.91 Å². The van der Waals surface area contributed by atoms with Crippen LogP contribution in [0.2, 0.25) is 0 Å². The molecule has 5 nitrogen and oxygen atoms in total. The smallest absolute Gasteiger partial charge is 0.337 e. The van der Waals surface area contributed by atoms with Crippen LogP contribution in [-0.4, -0.2) is 37.0 Å². The molecule has 24 heavy (non-hydrogen) atoms. The van der Waals surface area contributed by atoms with Crippen molar-refractivity contribution in [1.82, 2.24) is 4.90 Å². The quantitative estimate of drug-likeness (QED) is 0.743. The Morgan fingerprint density at radius 2 is 1.83 bits per heavy atom. The molecule has 5 heteroatoms. The van der Waals surface area contributed by atoms with E-state index in [2.05, 4.69) is 4.90 Å². The number of nitrogens with zero attached hydrogens (tertiary/aromatic N) is 1.